The third-order valence-electron chi connectivity index (χ3n) is 5.31. The number of aliphatic hydroxyl groups is 1. The maximum absolute atomic E-state index is 12.2. The van der Waals surface area contributed by atoms with E-state index in [-0.39, 0.29) is 23.9 Å². The van der Waals surface area contributed by atoms with Gasteiger partial charge in [-0.25, -0.2) is 4.68 Å². The van der Waals surface area contributed by atoms with Crippen molar-refractivity contribution in [3.8, 4) is 11.3 Å². The third kappa shape index (κ3) is 3.55. The predicted molar refractivity (Wildman–Crippen MR) is 97.4 cm³/mol. The fraction of sp³-hybridized carbons (Fsp3) is 0.450. The van der Waals surface area contributed by atoms with Crippen LogP contribution in [0.4, 0.5) is 0 Å². The lowest BCUT2D eigenvalue weighted by Crippen LogP contribution is -2.50. The van der Waals surface area contributed by atoms with Gasteiger partial charge in [-0.2, -0.15) is 5.10 Å². The van der Waals surface area contributed by atoms with Crippen LogP contribution in [0.25, 0.3) is 11.3 Å². The van der Waals surface area contributed by atoms with Crippen molar-refractivity contribution < 1.29 is 9.90 Å². The molecule has 2 aliphatic rings. The van der Waals surface area contributed by atoms with Crippen molar-refractivity contribution in [2.24, 2.45) is 5.92 Å². The van der Waals surface area contributed by atoms with Crippen molar-refractivity contribution in [3.05, 3.63) is 52.8 Å². The van der Waals surface area contributed by atoms with Gasteiger partial charge in [0.15, 0.2) is 0 Å². The largest absolute Gasteiger partial charge is 0.388 e. The van der Waals surface area contributed by atoms with Crippen LogP contribution in [-0.4, -0.2) is 44.4 Å². The first-order valence-electron chi connectivity index (χ1n) is 9.19. The Hall–Kier alpha value is -2.47. The smallest absolute Gasteiger partial charge is 0.266 e. The Bertz CT molecular complexity index is 850. The number of carbonyl (C=O) groups is 1. The molecule has 2 aromatic rings. The molecule has 1 saturated carbocycles. The van der Waals surface area contributed by atoms with Gasteiger partial charge in [-0.1, -0.05) is 30.3 Å². The van der Waals surface area contributed by atoms with E-state index in [1.807, 2.05) is 35.2 Å². The lowest BCUT2D eigenvalue weighted by molar-refractivity contribution is -0.137. The number of likely N-dealkylation sites (tertiary alicyclic amines) is 1. The Kier molecular flexibility index (Phi) is 4.36. The van der Waals surface area contributed by atoms with Crippen molar-refractivity contribution in [2.75, 3.05) is 13.1 Å². The van der Waals surface area contributed by atoms with E-state index in [1.54, 1.807) is 6.07 Å². The molecule has 1 saturated heterocycles. The normalized spacial score (nSPS) is 19.3. The quantitative estimate of drug-likeness (QED) is 0.907. The summed E-state index contributed by atoms with van der Waals surface area (Å²) >= 11 is 0. The first kappa shape index (κ1) is 17.0. The number of hydrogen-bond acceptors (Lipinski definition) is 4. The minimum atomic E-state index is -1.01. The SMILES string of the molecule is O=C(C1CC1)N1CCC(O)(Cn2nc(-c3ccccc3)ccc2=O)CC1. The number of carbonyl (C=O) groups excluding carboxylic acids is 1. The Morgan fingerprint density at radius 1 is 1.12 bits per heavy atom. The van der Waals surface area contributed by atoms with Crippen LogP contribution in [0.1, 0.15) is 25.7 Å². The number of aromatic nitrogens is 2. The predicted octanol–water partition coefficient (Wildman–Crippen LogP) is 1.67. The number of piperidine rings is 1. The summed E-state index contributed by atoms with van der Waals surface area (Å²) in [6.45, 7) is 1.23. The van der Waals surface area contributed by atoms with Crippen LogP contribution < -0.4 is 5.56 Å². The number of benzene rings is 1. The van der Waals surface area contributed by atoms with Crippen molar-refractivity contribution in [3.63, 3.8) is 0 Å². The lowest BCUT2D eigenvalue weighted by Gasteiger charge is -2.38. The van der Waals surface area contributed by atoms with Crippen LogP contribution in [0, 0.1) is 5.92 Å². The summed E-state index contributed by atoms with van der Waals surface area (Å²) in [6.07, 6.45) is 2.92. The molecule has 1 aliphatic carbocycles. The van der Waals surface area contributed by atoms with Crippen molar-refractivity contribution >= 4 is 5.91 Å². The molecule has 0 radical (unpaired) electrons. The minimum Gasteiger partial charge on any atom is -0.388 e. The first-order valence-corrected chi connectivity index (χ1v) is 9.19. The van der Waals surface area contributed by atoms with Crippen LogP contribution in [0.5, 0.6) is 0 Å². The molecule has 1 amide bonds. The van der Waals surface area contributed by atoms with Gasteiger partial charge in [0.2, 0.25) is 5.91 Å². The van der Waals surface area contributed by atoms with Crippen molar-refractivity contribution in [1.29, 1.82) is 0 Å². The van der Waals surface area contributed by atoms with Crippen LogP contribution in [-0.2, 0) is 11.3 Å². The van der Waals surface area contributed by atoms with Gasteiger partial charge in [0.1, 0.15) is 0 Å². The number of nitrogens with zero attached hydrogens (tertiary/aromatic N) is 3. The maximum atomic E-state index is 12.2. The third-order valence-corrected chi connectivity index (χ3v) is 5.31. The molecule has 6 nitrogen and oxygen atoms in total. The molecule has 2 heterocycles. The highest BCUT2D eigenvalue weighted by Crippen LogP contribution is 2.33. The molecular weight excluding hydrogens is 330 g/mol. The Labute approximate surface area is 152 Å². The summed E-state index contributed by atoms with van der Waals surface area (Å²) in [7, 11) is 0. The monoisotopic (exact) mass is 353 g/mol. The summed E-state index contributed by atoms with van der Waals surface area (Å²) in [5.74, 6) is 0.418. The second kappa shape index (κ2) is 6.68. The van der Waals surface area contributed by atoms with E-state index >= 15 is 0 Å². The van der Waals surface area contributed by atoms with Gasteiger partial charge in [-0.3, -0.25) is 9.59 Å². The van der Waals surface area contributed by atoms with Crippen LogP contribution in [0.15, 0.2) is 47.3 Å². The summed E-state index contributed by atoms with van der Waals surface area (Å²) in [6, 6.07) is 12.8. The number of hydrogen-bond donors (Lipinski definition) is 1. The molecule has 1 N–H and O–H groups in total. The van der Waals surface area contributed by atoms with E-state index in [0.717, 1.165) is 18.4 Å². The summed E-state index contributed by atoms with van der Waals surface area (Å²) in [5, 5.41) is 15.4. The van der Waals surface area contributed by atoms with Gasteiger partial charge in [-0.15, -0.1) is 0 Å². The topological polar surface area (TPSA) is 75.4 Å². The zero-order valence-electron chi connectivity index (χ0n) is 14.7. The molecule has 1 aliphatic heterocycles. The summed E-state index contributed by atoms with van der Waals surface area (Å²) < 4.78 is 1.35. The van der Waals surface area contributed by atoms with Gasteiger partial charge in [-0.05, 0) is 31.7 Å². The molecule has 6 heteroatoms. The lowest BCUT2D eigenvalue weighted by atomic mass is 9.91. The molecule has 0 atom stereocenters. The molecule has 1 aromatic carbocycles. The van der Waals surface area contributed by atoms with E-state index < -0.39 is 5.60 Å². The average Bonchev–Trinajstić information content (AvgIpc) is 3.49. The van der Waals surface area contributed by atoms with E-state index in [0.29, 0.717) is 31.6 Å². The molecule has 2 fully saturated rings. The van der Waals surface area contributed by atoms with E-state index in [2.05, 4.69) is 5.10 Å². The molecular formula is C20H23N3O3. The van der Waals surface area contributed by atoms with Crippen LogP contribution >= 0.6 is 0 Å². The second-order valence-electron chi connectivity index (χ2n) is 7.40. The van der Waals surface area contributed by atoms with Gasteiger partial charge in [0.25, 0.3) is 5.56 Å². The standard InChI is InChI=1S/C20H23N3O3/c24-18-9-8-17(15-4-2-1-3-5-15)21-23(18)14-20(26)10-12-22(13-11-20)19(25)16-6-7-16/h1-5,8-9,16,26H,6-7,10-14H2. The van der Waals surface area contributed by atoms with Gasteiger partial charge in [0, 0.05) is 30.6 Å². The molecule has 0 bridgehead atoms. The maximum Gasteiger partial charge on any atom is 0.266 e. The zero-order chi connectivity index (χ0) is 18.1. The number of rotatable bonds is 4. The Morgan fingerprint density at radius 2 is 1.81 bits per heavy atom. The van der Waals surface area contributed by atoms with E-state index in [1.165, 1.54) is 10.7 Å². The first-order chi connectivity index (χ1) is 12.5. The highest BCUT2D eigenvalue weighted by Gasteiger charge is 2.39. The number of amides is 1. The molecule has 0 spiro atoms. The van der Waals surface area contributed by atoms with Gasteiger partial charge < -0.3 is 10.0 Å². The Balaban J connectivity index is 1.48. The second-order valence-corrected chi connectivity index (χ2v) is 7.40. The molecule has 26 heavy (non-hydrogen) atoms. The average molecular weight is 353 g/mol. The molecule has 4 rings (SSSR count). The highest BCUT2D eigenvalue weighted by molar-refractivity contribution is 5.81. The summed E-state index contributed by atoms with van der Waals surface area (Å²) in [5.41, 5.74) is 0.398. The molecule has 1 aromatic heterocycles. The minimum absolute atomic E-state index is 0.151. The van der Waals surface area contributed by atoms with Crippen molar-refractivity contribution in [2.45, 2.75) is 37.8 Å². The fourth-order valence-corrected chi connectivity index (χ4v) is 3.49. The molecule has 0 unspecified atom stereocenters. The fourth-order valence-electron chi connectivity index (χ4n) is 3.49. The van der Waals surface area contributed by atoms with Gasteiger partial charge >= 0.3 is 0 Å². The zero-order valence-corrected chi connectivity index (χ0v) is 14.7. The van der Waals surface area contributed by atoms with Crippen LogP contribution in [0.2, 0.25) is 0 Å². The van der Waals surface area contributed by atoms with E-state index in [4.69, 9.17) is 0 Å². The molecule has 136 valence electrons. The highest BCUT2D eigenvalue weighted by atomic mass is 16.3. The Morgan fingerprint density at radius 3 is 2.46 bits per heavy atom. The summed E-state index contributed by atoms with van der Waals surface area (Å²) in [4.78, 5) is 26.2. The van der Waals surface area contributed by atoms with Crippen molar-refractivity contribution in [1.82, 2.24) is 14.7 Å². The van der Waals surface area contributed by atoms with E-state index in [9.17, 15) is 14.7 Å². The van der Waals surface area contributed by atoms with Crippen LogP contribution in [0.3, 0.4) is 0 Å². The van der Waals surface area contributed by atoms with Gasteiger partial charge in [0.05, 0.1) is 17.8 Å².